The molecule has 1 aromatic rings. The van der Waals surface area contributed by atoms with E-state index < -0.39 is 0 Å². The lowest BCUT2D eigenvalue weighted by Crippen LogP contribution is -2.26. The molecule has 0 N–H and O–H groups in total. The van der Waals surface area contributed by atoms with Crippen LogP contribution in [0.4, 0.5) is 5.82 Å². The van der Waals surface area contributed by atoms with Gasteiger partial charge in [-0.05, 0) is 13.3 Å². The number of aromatic nitrogens is 2. The minimum atomic E-state index is 0.345. The van der Waals surface area contributed by atoms with Crippen LogP contribution in [0.5, 0.6) is 0 Å². The molecule has 0 amide bonds. The van der Waals surface area contributed by atoms with E-state index in [2.05, 4.69) is 28.7 Å². The molecule has 0 fully saturated rings. The molecule has 0 radical (unpaired) electrons. The first-order valence-electron chi connectivity index (χ1n) is 5.54. The Bertz CT molecular complexity index is 331. The number of anilines is 1. The van der Waals surface area contributed by atoms with E-state index in [1.54, 1.807) is 0 Å². The van der Waals surface area contributed by atoms with Crippen molar-refractivity contribution in [3.63, 3.8) is 0 Å². The third-order valence-corrected chi connectivity index (χ3v) is 3.06. The van der Waals surface area contributed by atoms with Crippen molar-refractivity contribution in [1.29, 1.82) is 0 Å². The third-order valence-electron chi connectivity index (χ3n) is 2.47. The molecule has 0 atom stereocenters. The number of alkyl halides is 1. The van der Waals surface area contributed by atoms with Gasteiger partial charge in [0.05, 0.1) is 5.88 Å². The summed E-state index contributed by atoms with van der Waals surface area (Å²) in [6.45, 7) is 6.15. The van der Waals surface area contributed by atoms with Crippen LogP contribution in [-0.4, -0.2) is 23.1 Å². The molecule has 0 spiro atoms. The lowest BCUT2D eigenvalue weighted by Gasteiger charge is -2.23. The van der Waals surface area contributed by atoms with Gasteiger partial charge in [0.1, 0.15) is 17.3 Å². The van der Waals surface area contributed by atoms with Crippen LogP contribution in [-0.2, 0) is 5.88 Å². The summed E-state index contributed by atoms with van der Waals surface area (Å²) in [4.78, 5) is 10.4. The second kappa shape index (κ2) is 6.92. The molecule has 0 aliphatic heterocycles. The van der Waals surface area contributed by atoms with Gasteiger partial charge in [-0.15, -0.1) is 11.6 Å². The quantitative estimate of drug-likeness (QED) is 0.580. The topological polar surface area (TPSA) is 29.0 Å². The Balaban J connectivity index is 2.94. The highest BCUT2D eigenvalue weighted by molar-refractivity contribution is 6.31. The summed E-state index contributed by atoms with van der Waals surface area (Å²) in [5.74, 6) is 1.21. The van der Waals surface area contributed by atoms with Crippen molar-refractivity contribution in [1.82, 2.24) is 9.97 Å². The molecule has 0 unspecified atom stereocenters. The summed E-state index contributed by atoms with van der Waals surface area (Å²) in [6.07, 6.45) is 3.78. The second-order valence-corrected chi connectivity index (χ2v) is 4.16. The average Bonchev–Trinajstić information content (AvgIpc) is 2.30. The summed E-state index contributed by atoms with van der Waals surface area (Å²) in [7, 11) is 0. The van der Waals surface area contributed by atoms with Gasteiger partial charge in [-0.3, -0.25) is 0 Å². The lowest BCUT2D eigenvalue weighted by atomic mass is 10.2. The molecule has 0 saturated carbocycles. The Morgan fingerprint density at radius 3 is 2.62 bits per heavy atom. The van der Waals surface area contributed by atoms with E-state index in [9.17, 15) is 0 Å². The fourth-order valence-corrected chi connectivity index (χ4v) is 2.04. The van der Waals surface area contributed by atoms with Crippen LogP contribution in [0.2, 0.25) is 5.15 Å². The van der Waals surface area contributed by atoms with Gasteiger partial charge in [0, 0.05) is 18.7 Å². The zero-order chi connectivity index (χ0) is 12.0. The molecular formula is C11H17Cl2N3. The van der Waals surface area contributed by atoms with Gasteiger partial charge in [0.2, 0.25) is 0 Å². The van der Waals surface area contributed by atoms with Crippen LogP contribution in [0, 0.1) is 0 Å². The number of hydrogen-bond acceptors (Lipinski definition) is 3. The van der Waals surface area contributed by atoms with Gasteiger partial charge in [0.25, 0.3) is 0 Å². The summed E-state index contributed by atoms with van der Waals surface area (Å²) >= 11 is 11.9. The van der Waals surface area contributed by atoms with Crippen LogP contribution in [0.3, 0.4) is 0 Å². The lowest BCUT2D eigenvalue weighted by molar-refractivity contribution is 0.720. The first-order valence-corrected chi connectivity index (χ1v) is 6.46. The number of rotatable bonds is 6. The summed E-state index contributed by atoms with van der Waals surface area (Å²) in [6, 6.07) is 0. The third kappa shape index (κ3) is 3.22. The van der Waals surface area contributed by atoms with E-state index in [0.29, 0.717) is 11.0 Å². The predicted molar refractivity (Wildman–Crippen MR) is 69.4 cm³/mol. The van der Waals surface area contributed by atoms with Crippen molar-refractivity contribution in [2.24, 2.45) is 0 Å². The van der Waals surface area contributed by atoms with Gasteiger partial charge in [-0.2, -0.15) is 0 Å². The Morgan fingerprint density at radius 2 is 2.06 bits per heavy atom. The van der Waals surface area contributed by atoms with Gasteiger partial charge < -0.3 is 4.90 Å². The highest BCUT2D eigenvalue weighted by atomic mass is 35.5. The SMILES string of the molecule is CCCCN(CC)c1ncnc(Cl)c1CCl. The van der Waals surface area contributed by atoms with Crippen LogP contribution in [0.15, 0.2) is 6.33 Å². The predicted octanol–water partition coefficient (Wildman–Crippen LogP) is 3.50. The Morgan fingerprint density at radius 1 is 1.31 bits per heavy atom. The fourth-order valence-electron chi connectivity index (χ4n) is 1.53. The van der Waals surface area contributed by atoms with E-state index in [1.165, 1.54) is 6.33 Å². The Labute approximate surface area is 107 Å². The standard InChI is InChI=1S/C11H17Cl2N3/c1-3-5-6-16(4-2)11-9(7-12)10(13)14-8-15-11/h8H,3-7H2,1-2H3. The van der Waals surface area contributed by atoms with Crippen molar-refractivity contribution >= 4 is 29.0 Å². The Hall–Kier alpha value is -0.540. The van der Waals surface area contributed by atoms with Crippen LogP contribution in [0.25, 0.3) is 0 Å². The first-order chi connectivity index (χ1) is 7.74. The Kier molecular flexibility index (Phi) is 5.85. The smallest absolute Gasteiger partial charge is 0.138 e. The van der Waals surface area contributed by atoms with Crippen molar-refractivity contribution in [3.05, 3.63) is 17.0 Å². The van der Waals surface area contributed by atoms with Crippen LogP contribution < -0.4 is 4.90 Å². The molecule has 16 heavy (non-hydrogen) atoms. The molecule has 0 bridgehead atoms. The monoisotopic (exact) mass is 261 g/mol. The maximum atomic E-state index is 6.00. The molecule has 1 heterocycles. The van der Waals surface area contributed by atoms with E-state index in [4.69, 9.17) is 23.2 Å². The molecular weight excluding hydrogens is 245 g/mol. The van der Waals surface area contributed by atoms with E-state index >= 15 is 0 Å². The van der Waals surface area contributed by atoms with E-state index in [-0.39, 0.29) is 0 Å². The molecule has 0 aromatic carbocycles. The molecule has 0 saturated heterocycles. The van der Waals surface area contributed by atoms with Crippen LogP contribution in [0.1, 0.15) is 32.3 Å². The molecule has 0 aliphatic rings. The van der Waals surface area contributed by atoms with Crippen molar-refractivity contribution in [3.8, 4) is 0 Å². The highest BCUT2D eigenvalue weighted by Crippen LogP contribution is 2.25. The zero-order valence-corrected chi connectivity index (χ0v) is 11.2. The maximum Gasteiger partial charge on any atom is 0.138 e. The van der Waals surface area contributed by atoms with Crippen molar-refractivity contribution in [2.75, 3.05) is 18.0 Å². The molecule has 5 heteroatoms. The van der Waals surface area contributed by atoms with Gasteiger partial charge in [-0.25, -0.2) is 9.97 Å². The zero-order valence-electron chi connectivity index (χ0n) is 9.71. The van der Waals surface area contributed by atoms with Crippen molar-refractivity contribution in [2.45, 2.75) is 32.6 Å². The summed E-state index contributed by atoms with van der Waals surface area (Å²) in [5.41, 5.74) is 0.823. The second-order valence-electron chi connectivity index (χ2n) is 3.53. The number of nitrogens with zero attached hydrogens (tertiary/aromatic N) is 3. The summed E-state index contributed by atoms with van der Waals surface area (Å²) in [5, 5.41) is 0.454. The number of unbranched alkanes of at least 4 members (excludes halogenated alkanes) is 1. The maximum absolute atomic E-state index is 6.00. The van der Waals surface area contributed by atoms with Gasteiger partial charge >= 0.3 is 0 Å². The minimum Gasteiger partial charge on any atom is -0.356 e. The molecule has 3 nitrogen and oxygen atoms in total. The normalized spacial score (nSPS) is 10.5. The largest absolute Gasteiger partial charge is 0.356 e. The van der Waals surface area contributed by atoms with E-state index in [0.717, 1.165) is 37.3 Å². The number of hydrogen-bond donors (Lipinski definition) is 0. The van der Waals surface area contributed by atoms with Crippen LogP contribution >= 0.6 is 23.2 Å². The molecule has 1 rings (SSSR count). The van der Waals surface area contributed by atoms with Crippen molar-refractivity contribution < 1.29 is 0 Å². The van der Waals surface area contributed by atoms with Gasteiger partial charge in [0.15, 0.2) is 0 Å². The molecule has 1 aromatic heterocycles. The van der Waals surface area contributed by atoms with E-state index in [1.807, 2.05) is 0 Å². The summed E-state index contributed by atoms with van der Waals surface area (Å²) < 4.78 is 0. The van der Waals surface area contributed by atoms with Gasteiger partial charge in [-0.1, -0.05) is 24.9 Å². The highest BCUT2D eigenvalue weighted by Gasteiger charge is 2.13. The molecule has 90 valence electrons. The average molecular weight is 262 g/mol. The fraction of sp³-hybridized carbons (Fsp3) is 0.636. The minimum absolute atomic E-state index is 0.345. The first kappa shape index (κ1) is 13.5. The number of halogens is 2. The molecule has 0 aliphatic carbocycles.